The van der Waals surface area contributed by atoms with Gasteiger partial charge in [-0.2, -0.15) is 0 Å². The zero-order valence-electron chi connectivity index (χ0n) is 14.5. The van der Waals surface area contributed by atoms with Crippen molar-refractivity contribution in [2.45, 2.75) is 58.7 Å². The predicted octanol–water partition coefficient (Wildman–Crippen LogP) is 3.05. The highest BCUT2D eigenvalue weighted by Gasteiger charge is 2.18. The van der Waals surface area contributed by atoms with Gasteiger partial charge in [-0.3, -0.25) is 0 Å². The molecule has 1 aromatic carbocycles. The van der Waals surface area contributed by atoms with Gasteiger partial charge in [0, 0.05) is 24.7 Å². The second kappa shape index (κ2) is 8.06. The zero-order valence-corrected chi connectivity index (χ0v) is 14.5. The molecule has 1 amide bonds. The molecule has 6 heteroatoms. The van der Waals surface area contributed by atoms with Gasteiger partial charge in [0.1, 0.15) is 17.1 Å². The first-order valence-corrected chi connectivity index (χ1v) is 7.86. The molecule has 130 valence electrons. The van der Waals surface area contributed by atoms with E-state index >= 15 is 0 Å². The van der Waals surface area contributed by atoms with E-state index in [0.717, 1.165) is 12.0 Å². The first-order chi connectivity index (χ1) is 10.6. The summed E-state index contributed by atoms with van der Waals surface area (Å²) in [4.78, 5) is 11.7. The van der Waals surface area contributed by atoms with Gasteiger partial charge in [0.2, 0.25) is 0 Å². The van der Waals surface area contributed by atoms with E-state index in [9.17, 15) is 15.0 Å². The second-order valence-electron chi connectivity index (χ2n) is 6.66. The number of carbonyl (C=O) groups excluding carboxylic acids is 1. The molecule has 0 radical (unpaired) electrons. The van der Waals surface area contributed by atoms with E-state index in [4.69, 9.17) is 4.74 Å². The molecule has 0 bridgehead atoms. The predicted molar refractivity (Wildman–Crippen MR) is 89.6 cm³/mol. The molecule has 0 aliphatic carbocycles. The number of nitrogens with one attached hydrogen (secondary N) is 2. The van der Waals surface area contributed by atoms with Crippen molar-refractivity contribution in [2.75, 3.05) is 6.54 Å². The summed E-state index contributed by atoms with van der Waals surface area (Å²) in [7, 11) is 0. The number of phenols is 2. The van der Waals surface area contributed by atoms with Crippen LogP contribution in [0.1, 0.15) is 52.6 Å². The quantitative estimate of drug-likeness (QED) is 0.645. The average molecular weight is 324 g/mol. The summed E-state index contributed by atoms with van der Waals surface area (Å²) in [6.07, 6.45) is 0.366. The van der Waals surface area contributed by atoms with Gasteiger partial charge in [0.05, 0.1) is 0 Å². The molecule has 1 aromatic rings. The van der Waals surface area contributed by atoms with E-state index in [1.807, 2.05) is 34.6 Å². The SMILES string of the molecule is CCC(CNC(=O)OC(C)(C)C)NC(C)c1cc(O)cc(O)c1. The minimum Gasteiger partial charge on any atom is -0.508 e. The fourth-order valence-corrected chi connectivity index (χ4v) is 2.16. The monoisotopic (exact) mass is 324 g/mol. The van der Waals surface area contributed by atoms with Gasteiger partial charge in [0.15, 0.2) is 0 Å². The lowest BCUT2D eigenvalue weighted by Gasteiger charge is -2.24. The van der Waals surface area contributed by atoms with Crippen LogP contribution in [-0.2, 0) is 4.74 Å². The largest absolute Gasteiger partial charge is 0.508 e. The number of aromatic hydroxyl groups is 2. The van der Waals surface area contributed by atoms with Gasteiger partial charge >= 0.3 is 6.09 Å². The maximum atomic E-state index is 11.7. The van der Waals surface area contributed by atoms with Crippen molar-refractivity contribution in [3.8, 4) is 11.5 Å². The number of ether oxygens (including phenoxy) is 1. The van der Waals surface area contributed by atoms with Crippen molar-refractivity contribution in [1.29, 1.82) is 0 Å². The molecule has 1 rings (SSSR count). The van der Waals surface area contributed by atoms with Gasteiger partial charge in [-0.25, -0.2) is 4.79 Å². The number of hydrogen-bond donors (Lipinski definition) is 4. The van der Waals surface area contributed by atoms with Crippen LogP contribution in [-0.4, -0.2) is 34.5 Å². The molecule has 0 saturated heterocycles. The average Bonchev–Trinajstić information content (AvgIpc) is 2.40. The van der Waals surface area contributed by atoms with Crippen molar-refractivity contribution in [1.82, 2.24) is 10.6 Å². The van der Waals surface area contributed by atoms with Crippen LogP contribution in [0.4, 0.5) is 4.79 Å². The van der Waals surface area contributed by atoms with Crippen molar-refractivity contribution in [3.05, 3.63) is 23.8 Å². The minimum absolute atomic E-state index is 0.0218. The summed E-state index contributed by atoms with van der Waals surface area (Å²) in [6, 6.07) is 4.45. The van der Waals surface area contributed by atoms with E-state index in [1.165, 1.54) is 6.07 Å². The van der Waals surface area contributed by atoms with E-state index in [2.05, 4.69) is 10.6 Å². The lowest BCUT2D eigenvalue weighted by atomic mass is 10.1. The Morgan fingerprint density at radius 2 is 1.78 bits per heavy atom. The summed E-state index contributed by atoms with van der Waals surface area (Å²) in [5.41, 5.74) is 0.254. The molecule has 0 heterocycles. The van der Waals surface area contributed by atoms with Crippen LogP contribution < -0.4 is 10.6 Å². The molecule has 23 heavy (non-hydrogen) atoms. The Morgan fingerprint density at radius 3 is 2.26 bits per heavy atom. The normalized spacial score (nSPS) is 14.1. The molecule has 0 aliphatic rings. The number of alkyl carbamates (subject to hydrolysis) is 1. The summed E-state index contributed by atoms with van der Waals surface area (Å²) < 4.78 is 5.21. The van der Waals surface area contributed by atoms with Gasteiger partial charge in [0.25, 0.3) is 0 Å². The van der Waals surface area contributed by atoms with Crippen molar-refractivity contribution in [3.63, 3.8) is 0 Å². The topological polar surface area (TPSA) is 90.8 Å². The number of amides is 1. The third kappa shape index (κ3) is 7.23. The number of carbonyl (C=O) groups is 1. The number of phenolic OH excluding ortho intramolecular Hbond substituents is 2. The first kappa shape index (κ1) is 19.1. The molecule has 0 fully saturated rings. The third-order valence-electron chi connectivity index (χ3n) is 3.30. The Labute approximate surface area is 137 Å². The Kier molecular flexibility index (Phi) is 6.69. The second-order valence-corrected chi connectivity index (χ2v) is 6.66. The van der Waals surface area contributed by atoms with Crippen molar-refractivity contribution < 1.29 is 19.7 Å². The zero-order chi connectivity index (χ0) is 17.6. The molecule has 2 atom stereocenters. The number of rotatable bonds is 6. The van der Waals surface area contributed by atoms with Crippen LogP contribution in [0, 0.1) is 0 Å². The maximum absolute atomic E-state index is 11.7. The molecule has 2 unspecified atom stereocenters. The number of benzene rings is 1. The summed E-state index contributed by atoms with van der Waals surface area (Å²) in [5, 5.41) is 25.2. The lowest BCUT2D eigenvalue weighted by Crippen LogP contribution is -2.43. The number of hydrogen-bond acceptors (Lipinski definition) is 5. The van der Waals surface area contributed by atoms with Crippen molar-refractivity contribution in [2.24, 2.45) is 0 Å². The summed E-state index contributed by atoms with van der Waals surface area (Å²) in [6.45, 7) is 9.83. The summed E-state index contributed by atoms with van der Waals surface area (Å²) >= 11 is 0. The van der Waals surface area contributed by atoms with Crippen LogP contribution >= 0.6 is 0 Å². The fraction of sp³-hybridized carbons (Fsp3) is 0.588. The van der Waals surface area contributed by atoms with Crippen LogP contribution in [0.2, 0.25) is 0 Å². The lowest BCUT2D eigenvalue weighted by molar-refractivity contribution is 0.0521. The Balaban J connectivity index is 2.57. The van der Waals surface area contributed by atoms with Crippen LogP contribution in [0.15, 0.2) is 18.2 Å². The Bertz CT molecular complexity index is 506. The molecule has 0 saturated carbocycles. The standard InChI is InChI=1S/C17H28N2O4/c1-6-13(10-18-16(22)23-17(3,4)5)19-11(2)12-7-14(20)9-15(21)8-12/h7-9,11,13,19-21H,6,10H2,1-5H3,(H,18,22). The fourth-order valence-electron chi connectivity index (χ4n) is 2.16. The van der Waals surface area contributed by atoms with Gasteiger partial charge < -0.3 is 25.6 Å². The van der Waals surface area contributed by atoms with Crippen LogP contribution in [0.3, 0.4) is 0 Å². The van der Waals surface area contributed by atoms with Crippen LogP contribution in [0.5, 0.6) is 11.5 Å². The van der Waals surface area contributed by atoms with E-state index in [-0.39, 0.29) is 23.6 Å². The van der Waals surface area contributed by atoms with E-state index in [0.29, 0.717) is 6.54 Å². The van der Waals surface area contributed by atoms with E-state index < -0.39 is 11.7 Å². The minimum atomic E-state index is -0.522. The molecule has 6 nitrogen and oxygen atoms in total. The highest BCUT2D eigenvalue weighted by molar-refractivity contribution is 5.67. The summed E-state index contributed by atoms with van der Waals surface area (Å²) in [5.74, 6) is 0.0437. The maximum Gasteiger partial charge on any atom is 0.407 e. The third-order valence-corrected chi connectivity index (χ3v) is 3.30. The molecule has 0 aromatic heterocycles. The molecular weight excluding hydrogens is 296 g/mol. The van der Waals surface area contributed by atoms with Crippen LogP contribution in [0.25, 0.3) is 0 Å². The van der Waals surface area contributed by atoms with Crippen molar-refractivity contribution >= 4 is 6.09 Å². The van der Waals surface area contributed by atoms with Gasteiger partial charge in [-0.05, 0) is 51.8 Å². The van der Waals surface area contributed by atoms with E-state index in [1.54, 1.807) is 12.1 Å². The Hall–Kier alpha value is -1.95. The first-order valence-electron chi connectivity index (χ1n) is 7.86. The Morgan fingerprint density at radius 1 is 1.22 bits per heavy atom. The smallest absolute Gasteiger partial charge is 0.407 e. The molecule has 4 N–H and O–H groups in total. The molecular formula is C17H28N2O4. The highest BCUT2D eigenvalue weighted by Crippen LogP contribution is 2.25. The highest BCUT2D eigenvalue weighted by atomic mass is 16.6. The van der Waals surface area contributed by atoms with Gasteiger partial charge in [-0.1, -0.05) is 6.92 Å². The molecule has 0 aliphatic heterocycles. The molecule has 0 spiro atoms. The van der Waals surface area contributed by atoms with Gasteiger partial charge in [-0.15, -0.1) is 0 Å².